The van der Waals surface area contributed by atoms with Crippen LogP contribution in [0, 0.1) is 11.3 Å². The number of likely N-dealkylation sites (tertiary alicyclic amines) is 1. The van der Waals surface area contributed by atoms with Gasteiger partial charge in [0.25, 0.3) is 5.91 Å². The van der Waals surface area contributed by atoms with Crippen molar-refractivity contribution in [1.29, 1.82) is 0 Å². The standard InChI is InChI=1S/C23H36BrN3O3/c1-16(2)30-20-13-18(24)7-8-19(20)22(29)27-11-9-17(10-12-27)21(28)25-14-23(3,4)15-26(5)6/h7-8,13,16-17H,9-12,14-15H2,1-6H3,(H,25,28). The molecule has 1 N–H and O–H groups in total. The third kappa shape index (κ3) is 7.27. The molecule has 7 heteroatoms. The number of carbonyl (C=O) groups is 2. The van der Waals surface area contributed by atoms with E-state index in [4.69, 9.17) is 4.74 Å². The van der Waals surface area contributed by atoms with Gasteiger partial charge in [-0.2, -0.15) is 0 Å². The predicted molar refractivity (Wildman–Crippen MR) is 124 cm³/mol. The second-order valence-electron chi connectivity index (χ2n) is 9.49. The van der Waals surface area contributed by atoms with Crippen LogP contribution in [0.3, 0.4) is 0 Å². The topological polar surface area (TPSA) is 61.9 Å². The highest BCUT2D eigenvalue weighted by Gasteiger charge is 2.30. The van der Waals surface area contributed by atoms with Gasteiger partial charge < -0.3 is 19.9 Å². The lowest BCUT2D eigenvalue weighted by Gasteiger charge is -2.33. The molecule has 0 bridgehead atoms. The van der Waals surface area contributed by atoms with E-state index in [-0.39, 0.29) is 29.3 Å². The Balaban J connectivity index is 1.93. The molecule has 1 heterocycles. The van der Waals surface area contributed by atoms with Crippen LogP contribution in [-0.2, 0) is 4.79 Å². The summed E-state index contributed by atoms with van der Waals surface area (Å²) in [6.07, 6.45) is 1.35. The number of amides is 2. The van der Waals surface area contributed by atoms with Crippen LogP contribution >= 0.6 is 15.9 Å². The zero-order valence-electron chi connectivity index (χ0n) is 19.1. The molecule has 2 amide bonds. The summed E-state index contributed by atoms with van der Waals surface area (Å²) in [6, 6.07) is 5.49. The van der Waals surface area contributed by atoms with E-state index in [0.717, 1.165) is 11.0 Å². The summed E-state index contributed by atoms with van der Waals surface area (Å²) in [5.41, 5.74) is 0.588. The summed E-state index contributed by atoms with van der Waals surface area (Å²) in [5, 5.41) is 3.12. The molecular weight excluding hydrogens is 446 g/mol. The molecule has 0 aromatic heterocycles. The molecule has 0 aliphatic carbocycles. The van der Waals surface area contributed by atoms with Gasteiger partial charge in [-0.1, -0.05) is 29.8 Å². The molecule has 0 radical (unpaired) electrons. The fraction of sp³-hybridized carbons (Fsp3) is 0.652. The SMILES string of the molecule is CC(C)Oc1cc(Br)ccc1C(=O)N1CCC(C(=O)NCC(C)(C)CN(C)C)CC1. The maximum atomic E-state index is 13.1. The molecule has 6 nitrogen and oxygen atoms in total. The van der Waals surface area contributed by atoms with Crippen molar-refractivity contribution in [2.45, 2.75) is 46.6 Å². The quantitative estimate of drug-likeness (QED) is 0.613. The molecule has 0 unspecified atom stereocenters. The van der Waals surface area contributed by atoms with Crippen molar-refractivity contribution >= 4 is 27.7 Å². The molecule has 168 valence electrons. The van der Waals surface area contributed by atoms with E-state index in [0.29, 0.717) is 43.8 Å². The molecular formula is C23H36BrN3O3. The van der Waals surface area contributed by atoms with Crippen molar-refractivity contribution in [2.75, 3.05) is 40.3 Å². The number of ether oxygens (including phenoxy) is 1. The van der Waals surface area contributed by atoms with E-state index in [1.165, 1.54) is 0 Å². The minimum Gasteiger partial charge on any atom is -0.490 e. The Morgan fingerprint density at radius 2 is 1.90 bits per heavy atom. The van der Waals surface area contributed by atoms with Gasteiger partial charge >= 0.3 is 0 Å². The molecule has 1 fully saturated rings. The largest absolute Gasteiger partial charge is 0.490 e. The number of carbonyl (C=O) groups excluding carboxylic acids is 2. The maximum Gasteiger partial charge on any atom is 0.257 e. The van der Waals surface area contributed by atoms with Crippen LogP contribution in [0.1, 0.15) is 50.9 Å². The van der Waals surface area contributed by atoms with Gasteiger partial charge in [-0.05, 0) is 64.4 Å². The fourth-order valence-electron chi connectivity index (χ4n) is 3.92. The smallest absolute Gasteiger partial charge is 0.257 e. The highest BCUT2D eigenvalue weighted by atomic mass is 79.9. The number of rotatable bonds is 8. The number of nitrogens with one attached hydrogen (secondary N) is 1. The van der Waals surface area contributed by atoms with E-state index in [9.17, 15) is 9.59 Å². The Morgan fingerprint density at radius 3 is 2.47 bits per heavy atom. The molecule has 2 rings (SSSR count). The van der Waals surface area contributed by atoms with E-state index in [2.05, 4.69) is 40.0 Å². The van der Waals surface area contributed by atoms with Gasteiger partial charge in [0.15, 0.2) is 0 Å². The first kappa shape index (κ1) is 24.7. The van der Waals surface area contributed by atoms with Crippen LogP contribution in [-0.4, -0.2) is 68.0 Å². The van der Waals surface area contributed by atoms with Crippen LogP contribution in [0.2, 0.25) is 0 Å². The Kier molecular flexibility index (Phi) is 8.73. The zero-order chi connectivity index (χ0) is 22.5. The molecule has 0 spiro atoms. The number of hydrogen-bond acceptors (Lipinski definition) is 4. The predicted octanol–water partition coefficient (Wildman–Crippen LogP) is 3.79. The molecule has 0 saturated carbocycles. The molecule has 0 atom stereocenters. The summed E-state index contributed by atoms with van der Waals surface area (Å²) >= 11 is 3.44. The van der Waals surface area contributed by atoms with Crippen molar-refractivity contribution in [1.82, 2.24) is 15.1 Å². The van der Waals surface area contributed by atoms with Crippen LogP contribution in [0.25, 0.3) is 0 Å². The lowest BCUT2D eigenvalue weighted by atomic mass is 9.91. The minimum absolute atomic E-state index is 0.0166. The van der Waals surface area contributed by atoms with E-state index in [1.807, 2.05) is 45.0 Å². The first-order valence-electron chi connectivity index (χ1n) is 10.7. The third-order valence-electron chi connectivity index (χ3n) is 5.18. The van der Waals surface area contributed by atoms with Gasteiger partial charge in [0, 0.05) is 36.6 Å². The minimum atomic E-state index is -0.0412. The van der Waals surface area contributed by atoms with Crippen LogP contribution in [0.5, 0.6) is 5.75 Å². The maximum absolute atomic E-state index is 13.1. The molecule has 1 aliphatic heterocycles. The summed E-state index contributed by atoms with van der Waals surface area (Å²) in [4.78, 5) is 29.7. The lowest BCUT2D eigenvalue weighted by Crippen LogP contribution is -2.46. The Hall–Kier alpha value is -1.60. The Bertz CT molecular complexity index is 741. The average molecular weight is 482 g/mol. The van der Waals surface area contributed by atoms with Gasteiger partial charge in [0.2, 0.25) is 5.91 Å². The van der Waals surface area contributed by atoms with Crippen LogP contribution < -0.4 is 10.1 Å². The van der Waals surface area contributed by atoms with Crippen molar-refractivity contribution < 1.29 is 14.3 Å². The van der Waals surface area contributed by atoms with E-state index < -0.39 is 0 Å². The number of nitrogens with zero attached hydrogens (tertiary/aromatic N) is 2. The number of piperidine rings is 1. The van der Waals surface area contributed by atoms with Gasteiger partial charge in [0.1, 0.15) is 5.75 Å². The zero-order valence-corrected chi connectivity index (χ0v) is 20.7. The van der Waals surface area contributed by atoms with E-state index >= 15 is 0 Å². The highest BCUT2D eigenvalue weighted by molar-refractivity contribution is 9.10. The highest BCUT2D eigenvalue weighted by Crippen LogP contribution is 2.28. The van der Waals surface area contributed by atoms with Gasteiger partial charge in [-0.15, -0.1) is 0 Å². The Labute approximate surface area is 189 Å². The average Bonchev–Trinajstić information content (AvgIpc) is 2.64. The lowest BCUT2D eigenvalue weighted by molar-refractivity contribution is -0.126. The molecule has 1 aliphatic rings. The van der Waals surface area contributed by atoms with Gasteiger partial charge in [-0.25, -0.2) is 0 Å². The van der Waals surface area contributed by atoms with E-state index in [1.54, 1.807) is 6.07 Å². The van der Waals surface area contributed by atoms with Crippen molar-refractivity contribution in [3.8, 4) is 5.75 Å². The molecule has 1 aromatic rings. The monoisotopic (exact) mass is 481 g/mol. The first-order valence-corrected chi connectivity index (χ1v) is 11.5. The molecule has 30 heavy (non-hydrogen) atoms. The third-order valence-corrected chi connectivity index (χ3v) is 5.67. The normalized spacial score (nSPS) is 15.6. The fourth-order valence-corrected chi connectivity index (χ4v) is 4.26. The number of halogens is 1. The van der Waals surface area contributed by atoms with Crippen molar-refractivity contribution in [2.24, 2.45) is 11.3 Å². The first-order chi connectivity index (χ1) is 14.0. The number of hydrogen-bond donors (Lipinski definition) is 1. The molecule has 1 saturated heterocycles. The summed E-state index contributed by atoms with van der Waals surface area (Å²) in [5.74, 6) is 0.610. The number of benzene rings is 1. The second-order valence-corrected chi connectivity index (χ2v) is 10.4. The summed E-state index contributed by atoms with van der Waals surface area (Å²) in [7, 11) is 4.08. The Morgan fingerprint density at radius 1 is 1.27 bits per heavy atom. The van der Waals surface area contributed by atoms with Crippen LogP contribution in [0.4, 0.5) is 0 Å². The van der Waals surface area contributed by atoms with Crippen molar-refractivity contribution in [3.05, 3.63) is 28.2 Å². The van der Waals surface area contributed by atoms with Crippen LogP contribution in [0.15, 0.2) is 22.7 Å². The van der Waals surface area contributed by atoms with Gasteiger partial charge in [-0.3, -0.25) is 9.59 Å². The summed E-state index contributed by atoms with van der Waals surface area (Å²) in [6.45, 7) is 10.9. The summed E-state index contributed by atoms with van der Waals surface area (Å²) < 4.78 is 6.72. The molecule has 1 aromatic carbocycles. The second kappa shape index (κ2) is 10.6. The van der Waals surface area contributed by atoms with Gasteiger partial charge in [0.05, 0.1) is 11.7 Å². The van der Waals surface area contributed by atoms with Crippen molar-refractivity contribution in [3.63, 3.8) is 0 Å².